The van der Waals surface area contributed by atoms with Crippen LogP contribution in [0.15, 0.2) is 48.5 Å². The van der Waals surface area contributed by atoms with Crippen molar-refractivity contribution in [1.29, 1.82) is 0 Å². The maximum absolute atomic E-state index is 13.2. The van der Waals surface area contributed by atoms with Gasteiger partial charge in [0, 0.05) is 5.02 Å². The summed E-state index contributed by atoms with van der Waals surface area (Å²) in [6.07, 6.45) is -4.51. The Kier molecular flexibility index (Phi) is 3.37. The number of alkyl halides is 3. The van der Waals surface area contributed by atoms with Crippen LogP contribution in [0.5, 0.6) is 0 Å². The zero-order valence-electron chi connectivity index (χ0n) is 10.7. The number of benzene rings is 2. The molecule has 0 amide bonds. The zero-order chi connectivity index (χ0) is 15.0. The van der Waals surface area contributed by atoms with Gasteiger partial charge in [-0.3, -0.25) is 0 Å². The van der Waals surface area contributed by atoms with Gasteiger partial charge in [0.1, 0.15) is 0 Å². The molecule has 0 radical (unpaired) electrons. The second-order valence-corrected chi connectivity index (χ2v) is 5.01. The third-order valence-corrected chi connectivity index (χ3v) is 3.56. The number of nitrogens with zero attached hydrogens (tertiary/aromatic N) is 2. The maximum atomic E-state index is 13.2. The number of hydrogen-bond donors (Lipinski definition) is 0. The number of para-hydroxylation sites is 2. The fourth-order valence-electron chi connectivity index (χ4n) is 2.25. The summed E-state index contributed by atoms with van der Waals surface area (Å²) in [5.41, 5.74) is 1.37. The molecule has 0 aliphatic heterocycles. The predicted molar refractivity (Wildman–Crippen MR) is 75.3 cm³/mol. The summed E-state index contributed by atoms with van der Waals surface area (Å²) in [5.74, 6) is -0.913. The minimum Gasteiger partial charge on any atom is -0.316 e. The monoisotopic (exact) mass is 310 g/mol. The van der Waals surface area contributed by atoms with Gasteiger partial charge in [-0.2, -0.15) is 13.2 Å². The number of rotatable bonds is 2. The van der Waals surface area contributed by atoms with E-state index in [4.69, 9.17) is 11.6 Å². The number of hydrogen-bond acceptors (Lipinski definition) is 1. The minimum atomic E-state index is -4.51. The average molecular weight is 311 g/mol. The van der Waals surface area contributed by atoms with Crippen LogP contribution in [0.25, 0.3) is 11.0 Å². The molecule has 6 heteroatoms. The third kappa shape index (κ3) is 2.61. The highest BCUT2D eigenvalue weighted by molar-refractivity contribution is 6.31. The van der Waals surface area contributed by atoms with Crippen LogP contribution in [0.2, 0.25) is 5.02 Å². The van der Waals surface area contributed by atoms with Gasteiger partial charge in [0.05, 0.1) is 17.6 Å². The van der Waals surface area contributed by atoms with E-state index in [1.54, 1.807) is 48.5 Å². The van der Waals surface area contributed by atoms with Crippen LogP contribution in [0.1, 0.15) is 11.4 Å². The Hall–Kier alpha value is -2.01. The van der Waals surface area contributed by atoms with Crippen LogP contribution in [-0.2, 0) is 12.7 Å². The predicted octanol–water partition coefficient (Wildman–Crippen LogP) is 4.76. The first-order valence-electron chi connectivity index (χ1n) is 6.22. The van der Waals surface area contributed by atoms with Crippen molar-refractivity contribution >= 4 is 22.6 Å². The Bertz CT molecular complexity index is 793. The van der Waals surface area contributed by atoms with Crippen molar-refractivity contribution in [2.45, 2.75) is 12.7 Å². The molecule has 0 unspecified atom stereocenters. The van der Waals surface area contributed by atoms with Crippen LogP contribution in [0, 0.1) is 0 Å². The van der Waals surface area contributed by atoms with E-state index in [1.165, 1.54) is 0 Å². The van der Waals surface area contributed by atoms with Crippen molar-refractivity contribution in [2.75, 3.05) is 0 Å². The van der Waals surface area contributed by atoms with E-state index in [1.807, 2.05) is 0 Å². The summed E-state index contributed by atoms with van der Waals surface area (Å²) in [7, 11) is 0. The Labute approximate surface area is 123 Å². The molecule has 0 saturated carbocycles. The van der Waals surface area contributed by atoms with Gasteiger partial charge in [-0.05, 0) is 23.8 Å². The lowest BCUT2D eigenvalue weighted by Gasteiger charge is -2.12. The van der Waals surface area contributed by atoms with Gasteiger partial charge in [-0.15, -0.1) is 0 Å². The highest BCUT2D eigenvalue weighted by Gasteiger charge is 2.37. The molecule has 3 rings (SSSR count). The normalized spacial score (nSPS) is 12.0. The van der Waals surface area contributed by atoms with Crippen LogP contribution in [0.4, 0.5) is 13.2 Å². The zero-order valence-corrected chi connectivity index (χ0v) is 11.5. The van der Waals surface area contributed by atoms with E-state index < -0.39 is 12.0 Å². The SMILES string of the molecule is FC(F)(F)c1nc2ccccc2n1Cc1ccccc1Cl. The first kappa shape index (κ1) is 13.9. The number of fused-ring (bicyclic) bond motifs is 1. The fraction of sp³-hybridized carbons (Fsp3) is 0.133. The van der Waals surface area contributed by atoms with E-state index in [9.17, 15) is 13.2 Å². The molecule has 0 aliphatic carbocycles. The molecule has 3 aromatic rings. The lowest BCUT2D eigenvalue weighted by atomic mass is 10.2. The molecule has 1 heterocycles. The van der Waals surface area contributed by atoms with Gasteiger partial charge in [0.2, 0.25) is 5.82 Å². The number of aromatic nitrogens is 2. The summed E-state index contributed by atoms with van der Waals surface area (Å²) in [5, 5.41) is 0.434. The van der Waals surface area contributed by atoms with Crippen LogP contribution in [0.3, 0.4) is 0 Å². The van der Waals surface area contributed by atoms with Gasteiger partial charge in [-0.25, -0.2) is 4.98 Å². The van der Waals surface area contributed by atoms with Gasteiger partial charge in [0.25, 0.3) is 0 Å². The first-order valence-corrected chi connectivity index (χ1v) is 6.60. The smallest absolute Gasteiger partial charge is 0.316 e. The van der Waals surface area contributed by atoms with E-state index in [2.05, 4.69) is 4.98 Å². The van der Waals surface area contributed by atoms with Crippen molar-refractivity contribution in [2.24, 2.45) is 0 Å². The van der Waals surface area contributed by atoms with E-state index >= 15 is 0 Å². The molecule has 0 atom stereocenters. The molecular formula is C15H10ClF3N2. The molecule has 1 aromatic heterocycles. The molecule has 0 spiro atoms. The number of halogens is 4. The van der Waals surface area contributed by atoms with E-state index in [-0.39, 0.29) is 6.54 Å². The maximum Gasteiger partial charge on any atom is 0.449 e. The summed E-state index contributed by atoms with van der Waals surface area (Å²) in [6, 6.07) is 13.4. The van der Waals surface area contributed by atoms with Crippen molar-refractivity contribution < 1.29 is 13.2 Å². The van der Waals surface area contributed by atoms with Gasteiger partial charge in [0.15, 0.2) is 0 Å². The molecule has 108 valence electrons. The molecule has 0 bridgehead atoms. The lowest BCUT2D eigenvalue weighted by molar-refractivity contribution is -0.146. The van der Waals surface area contributed by atoms with E-state index in [0.717, 1.165) is 4.57 Å². The summed E-state index contributed by atoms with van der Waals surface area (Å²) in [6.45, 7) is 0.0228. The molecule has 2 aromatic carbocycles. The highest BCUT2D eigenvalue weighted by atomic mass is 35.5. The second-order valence-electron chi connectivity index (χ2n) is 4.60. The molecule has 21 heavy (non-hydrogen) atoms. The van der Waals surface area contributed by atoms with Crippen molar-refractivity contribution in [1.82, 2.24) is 9.55 Å². The van der Waals surface area contributed by atoms with Crippen molar-refractivity contribution in [3.05, 3.63) is 64.9 Å². The molecule has 0 aliphatic rings. The first-order chi connectivity index (χ1) is 9.97. The Morgan fingerprint density at radius 2 is 1.67 bits per heavy atom. The quantitative estimate of drug-likeness (QED) is 0.667. The lowest BCUT2D eigenvalue weighted by Crippen LogP contribution is -2.15. The standard InChI is InChI=1S/C15H10ClF3N2/c16-11-6-2-1-5-10(11)9-21-13-8-4-3-7-12(13)20-14(21)15(17,18)19/h1-8H,9H2. The van der Waals surface area contributed by atoms with Crippen LogP contribution in [-0.4, -0.2) is 9.55 Å². The molecule has 0 N–H and O–H groups in total. The molecule has 2 nitrogen and oxygen atoms in total. The topological polar surface area (TPSA) is 17.8 Å². The number of imidazole rings is 1. The Morgan fingerprint density at radius 1 is 1.00 bits per heavy atom. The third-order valence-electron chi connectivity index (χ3n) is 3.19. The average Bonchev–Trinajstić information content (AvgIpc) is 2.80. The molecule has 0 saturated heterocycles. The summed E-state index contributed by atoms with van der Waals surface area (Å²) in [4.78, 5) is 3.70. The molecule has 0 fully saturated rings. The van der Waals surface area contributed by atoms with Crippen molar-refractivity contribution in [3.8, 4) is 0 Å². The van der Waals surface area contributed by atoms with Gasteiger partial charge in [-0.1, -0.05) is 41.9 Å². The highest BCUT2D eigenvalue weighted by Crippen LogP contribution is 2.32. The summed E-state index contributed by atoms with van der Waals surface area (Å²) >= 11 is 6.04. The Morgan fingerprint density at radius 3 is 2.38 bits per heavy atom. The van der Waals surface area contributed by atoms with Crippen LogP contribution >= 0.6 is 11.6 Å². The van der Waals surface area contributed by atoms with Gasteiger partial charge >= 0.3 is 6.18 Å². The van der Waals surface area contributed by atoms with Gasteiger partial charge < -0.3 is 4.57 Å². The van der Waals surface area contributed by atoms with E-state index in [0.29, 0.717) is 21.6 Å². The fourth-order valence-corrected chi connectivity index (χ4v) is 2.44. The molecular weight excluding hydrogens is 301 g/mol. The van der Waals surface area contributed by atoms with Crippen molar-refractivity contribution in [3.63, 3.8) is 0 Å². The Balaban J connectivity index is 2.18. The minimum absolute atomic E-state index is 0.0228. The second kappa shape index (κ2) is 5.07. The van der Waals surface area contributed by atoms with Crippen LogP contribution < -0.4 is 0 Å². The largest absolute Gasteiger partial charge is 0.449 e. The summed E-state index contributed by atoms with van der Waals surface area (Å²) < 4.78 is 40.7.